The Bertz CT molecular complexity index is 679. The van der Waals surface area contributed by atoms with E-state index in [-0.39, 0.29) is 5.82 Å². The summed E-state index contributed by atoms with van der Waals surface area (Å²) in [5.74, 6) is -0.351. The van der Waals surface area contributed by atoms with E-state index in [0.29, 0.717) is 28.4 Å². The third-order valence-corrected chi connectivity index (χ3v) is 3.22. The quantitative estimate of drug-likeness (QED) is 0.879. The number of nitrogens with two attached hydrogens (primary N) is 1. The summed E-state index contributed by atoms with van der Waals surface area (Å²) in [7, 11) is 1.79. The van der Waals surface area contributed by atoms with Crippen LogP contribution in [0.15, 0.2) is 36.4 Å². The van der Waals surface area contributed by atoms with E-state index in [0.717, 1.165) is 5.69 Å². The van der Waals surface area contributed by atoms with Gasteiger partial charge in [0, 0.05) is 24.2 Å². The van der Waals surface area contributed by atoms with Gasteiger partial charge in [0.25, 0.3) is 0 Å². The second-order valence-electron chi connectivity index (χ2n) is 4.48. The van der Waals surface area contributed by atoms with Crippen LogP contribution in [-0.4, -0.2) is 7.05 Å². The van der Waals surface area contributed by atoms with E-state index in [9.17, 15) is 4.39 Å². The Morgan fingerprint density at radius 3 is 2.75 bits per heavy atom. The van der Waals surface area contributed by atoms with Crippen LogP contribution in [0.25, 0.3) is 0 Å². The van der Waals surface area contributed by atoms with Crippen molar-refractivity contribution in [3.05, 3.63) is 58.4 Å². The van der Waals surface area contributed by atoms with Gasteiger partial charge in [-0.05, 0) is 36.4 Å². The van der Waals surface area contributed by atoms with E-state index in [1.54, 1.807) is 30.1 Å². The smallest absolute Gasteiger partial charge is 0.128 e. The van der Waals surface area contributed by atoms with Gasteiger partial charge >= 0.3 is 0 Å². The Morgan fingerprint density at radius 1 is 1.30 bits per heavy atom. The van der Waals surface area contributed by atoms with E-state index in [1.165, 1.54) is 18.2 Å². The second-order valence-corrected chi connectivity index (χ2v) is 4.91. The van der Waals surface area contributed by atoms with E-state index in [2.05, 4.69) is 0 Å². The normalized spacial score (nSPS) is 10.1. The first-order chi connectivity index (χ1) is 9.51. The van der Waals surface area contributed by atoms with Crippen molar-refractivity contribution in [1.82, 2.24) is 0 Å². The van der Waals surface area contributed by atoms with Crippen molar-refractivity contribution in [2.75, 3.05) is 17.7 Å². The van der Waals surface area contributed by atoms with Crippen molar-refractivity contribution < 1.29 is 4.39 Å². The van der Waals surface area contributed by atoms with Gasteiger partial charge in [0.1, 0.15) is 5.82 Å². The summed E-state index contributed by atoms with van der Waals surface area (Å²) in [6.07, 6.45) is 0. The van der Waals surface area contributed by atoms with Crippen molar-refractivity contribution in [2.24, 2.45) is 0 Å². The predicted molar refractivity (Wildman–Crippen MR) is 79.1 cm³/mol. The molecule has 5 heteroatoms. The number of anilines is 2. The summed E-state index contributed by atoms with van der Waals surface area (Å²) in [5.41, 5.74) is 8.04. The number of nitrogen functional groups attached to an aromatic ring is 1. The average Bonchev–Trinajstić information content (AvgIpc) is 2.43. The van der Waals surface area contributed by atoms with Crippen molar-refractivity contribution in [2.45, 2.75) is 6.54 Å². The number of hydrogen-bond acceptors (Lipinski definition) is 3. The molecule has 0 aliphatic carbocycles. The maximum Gasteiger partial charge on any atom is 0.128 e. The second kappa shape index (κ2) is 5.81. The number of rotatable bonds is 3. The zero-order valence-corrected chi connectivity index (χ0v) is 11.7. The van der Waals surface area contributed by atoms with Gasteiger partial charge in [-0.15, -0.1) is 0 Å². The van der Waals surface area contributed by atoms with E-state index >= 15 is 0 Å². The van der Waals surface area contributed by atoms with Crippen LogP contribution in [0.4, 0.5) is 15.8 Å². The topological polar surface area (TPSA) is 53.0 Å². The SMILES string of the molecule is CN(Cc1cc(C#N)ccc1F)c1cc(Cl)ccc1N. The fraction of sp³-hybridized carbons (Fsp3) is 0.133. The molecule has 0 aliphatic rings. The monoisotopic (exact) mass is 289 g/mol. The van der Waals surface area contributed by atoms with Gasteiger partial charge in [-0.3, -0.25) is 0 Å². The van der Waals surface area contributed by atoms with Crippen LogP contribution in [0.5, 0.6) is 0 Å². The lowest BCUT2D eigenvalue weighted by Crippen LogP contribution is -2.18. The maximum atomic E-state index is 13.8. The molecule has 0 spiro atoms. The van der Waals surface area contributed by atoms with E-state index < -0.39 is 0 Å². The molecular formula is C15H13ClFN3. The molecular weight excluding hydrogens is 277 g/mol. The highest BCUT2D eigenvalue weighted by Crippen LogP contribution is 2.27. The first kappa shape index (κ1) is 14.2. The van der Waals surface area contributed by atoms with Crippen LogP contribution >= 0.6 is 11.6 Å². The van der Waals surface area contributed by atoms with Crippen molar-refractivity contribution in [3.8, 4) is 6.07 Å². The molecule has 102 valence electrons. The number of nitriles is 1. The van der Waals surface area contributed by atoms with Crippen LogP contribution in [0.3, 0.4) is 0 Å². The summed E-state index contributed by atoms with van der Waals surface area (Å²) in [5, 5.41) is 9.42. The third kappa shape index (κ3) is 3.01. The Hall–Kier alpha value is -2.25. The van der Waals surface area contributed by atoms with Gasteiger partial charge in [-0.25, -0.2) is 4.39 Å². The van der Waals surface area contributed by atoms with E-state index in [1.807, 2.05) is 6.07 Å². The van der Waals surface area contributed by atoms with E-state index in [4.69, 9.17) is 22.6 Å². The molecule has 0 aromatic heterocycles. The fourth-order valence-corrected chi connectivity index (χ4v) is 2.12. The zero-order chi connectivity index (χ0) is 14.7. The maximum absolute atomic E-state index is 13.8. The number of hydrogen-bond donors (Lipinski definition) is 1. The lowest BCUT2D eigenvalue weighted by molar-refractivity contribution is 0.607. The Labute approximate surface area is 122 Å². The molecule has 0 saturated carbocycles. The van der Waals surface area contributed by atoms with Gasteiger partial charge in [0.2, 0.25) is 0 Å². The summed E-state index contributed by atoms with van der Waals surface area (Å²) in [6.45, 7) is 0.298. The minimum atomic E-state index is -0.351. The first-order valence-corrected chi connectivity index (χ1v) is 6.33. The van der Waals surface area contributed by atoms with Crippen LogP contribution in [-0.2, 0) is 6.54 Å². The molecule has 2 N–H and O–H groups in total. The molecule has 0 amide bonds. The molecule has 2 rings (SSSR count). The van der Waals surface area contributed by atoms with Gasteiger partial charge in [-0.1, -0.05) is 11.6 Å². The highest BCUT2D eigenvalue weighted by Gasteiger charge is 2.10. The predicted octanol–water partition coefficient (Wildman–Crippen LogP) is 3.57. The molecule has 0 bridgehead atoms. The Kier molecular flexibility index (Phi) is 4.11. The molecule has 0 radical (unpaired) electrons. The standard InChI is InChI=1S/C15H13ClFN3/c1-20(15-7-12(16)3-5-14(15)19)9-11-6-10(8-18)2-4-13(11)17/h2-7H,9,19H2,1H3. The van der Waals surface area contributed by atoms with Crippen LogP contribution in [0.2, 0.25) is 5.02 Å². The molecule has 0 fully saturated rings. The molecule has 20 heavy (non-hydrogen) atoms. The van der Waals surface area contributed by atoms with Crippen LogP contribution < -0.4 is 10.6 Å². The summed E-state index contributed by atoms with van der Waals surface area (Å²) < 4.78 is 13.8. The van der Waals surface area contributed by atoms with Gasteiger partial charge in [0.05, 0.1) is 23.0 Å². The van der Waals surface area contributed by atoms with Gasteiger partial charge in [-0.2, -0.15) is 5.26 Å². The Balaban J connectivity index is 2.30. The molecule has 3 nitrogen and oxygen atoms in total. The first-order valence-electron chi connectivity index (χ1n) is 5.96. The highest BCUT2D eigenvalue weighted by molar-refractivity contribution is 6.31. The third-order valence-electron chi connectivity index (χ3n) is 2.99. The molecule has 0 unspecified atom stereocenters. The van der Waals surface area contributed by atoms with Gasteiger partial charge < -0.3 is 10.6 Å². The van der Waals surface area contributed by atoms with Crippen molar-refractivity contribution >= 4 is 23.0 Å². The van der Waals surface area contributed by atoms with Crippen molar-refractivity contribution in [1.29, 1.82) is 5.26 Å². The van der Waals surface area contributed by atoms with Gasteiger partial charge in [0.15, 0.2) is 0 Å². The average molecular weight is 290 g/mol. The van der Waals surface area contributed by atoms with Crippen LogP contribution in [0.1, 0.15) is 11.1 Å². The summed E-state index contributed by atoms with van der Waals surface area (Å²) in [4.78, 5) is 1.79. The summed E-state index contributed by atoms with van der Waals surface area (Å²) in [6, 6.07) is 11.4. The molecule has 2 aromatic carbocycles. The number of halogens is 2. The fourth-order valence-electron chi connectivity index (χ4n) is 1.95. The van der Waals surface area contributed by atoms with Crippen molar-refractivity contribution in [3.63, 3.8) is 0 Å². The highest BCUT2D eigenvalue weighted by atomic mass is 35.5. The molecule has 2 aromatic rings. The molecule has 0 atom stereocenters. The minimum Gasteiger partial charge on any atom is -0.397 e. The largest absolute Gasteiger partial charge is 0.397 e. The Morgan fingerprint density at radius 2 is 2.05 bits per heavy atom. The lowest BCUT2D eigenvalue weighted by atomic mass is 10.1. The molecule has 0 heterocycles. The zero-order valence-electron chi connectivity index (χ0n) is 10.9. The summed E-state index contributed by atoms with van der Waals surface area (Å²) >= 11 is 5.94. The molecule has 0 aliphatic heterocycles. The van der Waals surface area contributed by atoms with Crippen LogP contribution in [0, 0.1) is 17.1 Å². The molecule has 0 saturated heterocycles. The number of nitrogens with zero attached hydrogens (tertiary/aromatic N) is 2. The minimum absolute atomic E-state index is 0.298. The lowest BCUT2D eigenvalue weighted by Gasteiger charge is -2.21. The number of benzene rings is 2.